The van der Waals surface area contributed by atoms with Crippen LogP contribution in [0.25, 0.3) is 0 Å². The van der Waals surface area contributed by atoms with Crippen LogP contribution in [0, 0.1) is 11.6 Å². The normalized spacial score (nSPS) is 21.0. The van der Waals surface area contributed by atoms with Crippen molar-refractivity contribution in [2.24, 2.45) is 0 Å². The number of carbonyl (C=O) groups is 1. The molecule has 0 saturated carbocycles. The maximum absolute atomic E-state index is 13.5. The van der Waals surface area contributed by atoms with E-state index in [4.69, 9.17) is 0 Å². The van der Waals surface area contributed by atoms with Gasteiger partial charge in [-0.25, -0.2) is 8.78 Å². The molecule has 2 heterocycles. The Bertz CT molecular complexity index is 723. The zero-order valence-electron chi connectivity index (χ0n) is 13.4. The Balaban J connectivity index is 1.72. The molecule has 2 aromatic rings. The van der Waals surface area contributed by atoms with E-state index < -0.39 is 11.6 Å². The second kappa shape index (κ2) is 7.05. The molecule has 1 aliphatic rings. The number of hydrogen-bond donors (Lipinski definition) is 1. The van der Waals surface area contributed by atoms with Gasteiger partial charge in [-0.05, 0) is 42.8 Å². The molecule has 6 heteroatoms. The number of hydrogen-bond acceptors (Lipinski definition) is 3. The molecular formula is C18H19F2N3O. The van der Waals surface area contributed by atoms with Crippen molar-refractivity contribution in [2.75, 3.05) is 13.6 Å². The Morgan fingerprint density at radius 1 is 1.33 bits per heavy atom. The summed E-state index contributed by atoms with van der Waals surface area (Å²) in [5, 5.41) is 3.02. The summed E-state index contributed by atoms with van der Waals surface area (Å²) in [6.45, 7) is 0.779. The van der Waals surface area contributed by atoms with Crippen LogP contribution in [0.3, 0.4) is 0 Å². The van der Waals surface area contributed by atoms with Crippen molar-refractivity contribution in [3.8, 4) is 0 Å². The number of halogens is 2. The lowest BCUT2D eigenvalue weighted by atomic mass is 9.99. The van der Waals surface area contributed by atoms with Gasteiger partial charge in [-0.1, -0.05) is 12.1 Å². The van der Waals surface area contributed by atoms with Gasteiger partial charge in [0, 0.05) is 25.0 Å². The number of benzene rings is 1. The summed E-state index contributed by atoms with van der Waals surface area (Å²) >= 11 is 0. The molecule has 3 rings (SSSR count). The van der Waals surface area contributed by atoms with Crippen molar-refractivity contribution in [3.63, 3.8) is 0 Å². The van der Waals surface area contributed by atoms with Gasteiger partial charge in [0.25, 0.3) is 0 Å². The smallest absolute Gasteiger partial charge is 0.224 e. The maximum atomic E-state index is 13.5. The second-order valence-corrected chi connectivity index (χ2v) is 6.10. The van der Waals surface area contributed by atoms with Crippen LogP contribution in [0.5, 0.6) is 0 Å². The number of likely N-dealkylation sites (N-methyl/N-ethyl adjacent to an activating group) is 1. The highest BCUT2D eigenvalue weighted by Crippen LogP contribution is 2.31. The summed E-state index contributed by atoms with van der Waals surface area (Å²) < 4.78 is 26.7. The summed E-state index contributed by atoms with van der Waals surface area (Å²) in [6, 6.07) is 7.25. The monoisotopic (exact) mass is 331 g/mol. The quantitative estimate of drug-likeness (QED) is 0.936. The van der Waals surface area contributed by atoms with Crippen molar-refractivity contribution >= 4 is 5.91 Å². The van der Waals surface area contributed by atoms with E-state index in [9.17, 15) is 13.6 Å². The summed E-state index contributed by atoms with van der Waals surface area (Å²) in [5.41, 5.74) is 1.51. The number of nitrogens with zero attached hydrogens (tertiary/aromatic N) is 2. The zero-order chi connectivity index (χ0) is 17.1. The first-order valence-corrected chi connectivity index (χ1v) is 7.88. The molecule has 2 unspecified atom stereocenters. The third-order valence-corrected chi connectivity index (χ3v) is 4.37. The number of carbonyl (C=O) groups excluding carboxylic acids is 1. The van der Waals surface area contributed by atoms with Crippen molar-refractivity contribution < 1.29 is 13.6 Å². The zero-order valence-corrected chi connectivity index (χ0v) is 13.4. The van der Waals surface area contributed by atoms with E-state index >= 15 is 0 Å². The predicted molar refractivity (Wildman–Crippen MR) is 86.2 cm³/mol. The highest BCUT2D eigenvalue weighted by atomic mass is 19.2. The molecule has 24 heavy (non-hydrogen) atoms. The molecule has 1 saturated heterocycles. The molecule has 126 valence electrons. The van der Waals surface area contributed by atoms with Crippen LogP contribution in [0.1, 0.15) is 23.6 Å². The minimum atomic E-state index is -0.867. The van der Waals surface area contributed by atoms with Crippen LogP contribution < -0.4 is 5.32 Å². The molecule has 1 amide bonds. The number of rotatable bonds is 4. The van der Waals surface area contributed by atoms with Crippen molar-refractivity contribution in [2.45, 2.75) is 24.9 Å². The van der Waals surface area contributed by atoms with Gasteiger partial charge >= 0.3 is 0 Å². The van der Waals surface area contributed by atoms with Gasteiger partial charge in [-0.2, -0.15) is 0 Å². The third kappa shape index (κ3) is 3.59. The Kier molecular flexibility index (Phi) is 4.85. The van der Waals surface area contributed by atoms with E-state index in [0.717, 1.165) is 24.6 Å². The Morgan fingerprint density at radius 3 is 2.88 bits per heavy atom. The topological polar surface area (TPSA) is 45.2 Å². The molecule has 1 fully saturated rings. The Hall–Kier alpha value is -2.34. The van der Waals surface area contributed by atoms with Gasteiger partial charge in [-0.15, -0.1) is 0 Å². The predicted octanol–water partition coefficient (Wildman–Crippen LogP) is 2.46. The van der Waals surface area contributed by atoms with E-state index in [1.54, 1.807) is 24.5 Å². The van der Waals surface area contributed by atoms with Gasteiger partial charge < -0.3 is 5.32 Å². The minimum Gasteiger partial charge on any atom is -0.351 e. The minimum absolute atomic E-state index is 0.101. The van der Waals surface area contributed by atoms with E-state index in [1.807, 2.05) is 18.0 Å². The standard InChI is InChI=1S/C18H19F2N3O/c1-23-8-6-16(18(23)13-4-5-14(19)15(20)10-13)22-17(24)9-12-3-2-7-21-11-12/h2-5,7,10-11,16,18H,6,8-9H2,1H3,(H,22,24). The van der Waals surface area contributed by atoms with Crippen molar-refractivity contribution in [1.29, 1.82) is 0 Å². The highest BCUT2D eigenvalue weighted by molar-refractivity contribution is 5.78. The summed E-state index contributed by atoms with van der Waals surface area (Å²) in [7, 11) is 1.92. The number of aromatic nitrogens is 1. The van der Waals surface area contributed by atoms with E-state index in [0.29, 0.717) is 5.56 Å². The molecule has 4 nitrogen and oxygen atoms in total. The Labute approximate surface area is 139 Å². The number of pyridine rings is 1. The molecular weight excluding hydrogens is 312 g/mol. The molecule has 2 atom stereocenters. The number of amides is 1. The van der Waals surface area contributed by atoms with Crippen LogP contribution >= 0.6 is 0 Å². The van der Waals surface area contributed by atoms with E-state index in [2.05, 4.69) is 10.3 Å². The van der Waals surface area contributed by atoms with Gasteiger partial charge in [-0.3, -0.25) is 14.7 Å². The van der Waals surface area contributed by atoms with E-state index in [-0.39, 0.29) is 24.4 Å². The van der Waals surface area contributed by atoms with Crippen LogP contribution in [-0.2, 0) is 11.2 Å². The second-order valence-electron chi connectivity index (χ2n) is 6.10. The fourth-order valence-corrected chi connectivity index (χ4v) is 3.23. The number of likely N-dealkylation sites (tertiary alicyclic amines) is 1. The van der Waals surface area contributed by atoms with Gasteiger partial charge in [0.2, 0.25) is 5.91 Å². The first-order valence-electron chi connectivity index (χ1n) is 7.88. The lowest BCUT2D eigenvalue weighted by molar-refractivity contribution is -0.121. The van der Waals surface area contributed by atoms with Crippen LogP contribution in [0.4, 0.5) is 8.78 Å². The van der Waals surface area contributed by atoms with Crippen LogP contribution in [-0.4, -0.2) is 35.4 Å². The molecule has 1 aliphatic heterocycles. The van der Waals surface area contributed by atoms with Crippen molar-refractivity contribution in [1.82, 2.24) is 15.2 Å². The summed E-state index contributed by atoms with van der Waals surface area (Å²) in [4.78, 5) is 18.3. The molecule has 1 N–H and O–H groups in total. The highest BCUT2D eigenvalue weighted by Gasteiger charge is 2.34. The first kappa shape index (κ1) is 16.5. The lowest BCUT2D eigenvalue weighted by Crippen LogP contribution is -2.39. The first-order chi connectivity index (χ1) is 11.5. The van der Waals surface area contributed by atoms with Crippen LogP contribution in [0.15, 0.2) is 42.7 Å². The van der Waals surface area contributed by atoms with Crippen LogP contribution in [0.2, 0.25) is 0 Å². The molecule has 1 aromatic heterocycles. The van der Waals surface area contributed by atoms with Gasteiger partial charge in [0.15, 0.2) is 11.6 Å². The molecule has 0 spiro atoms. The fourth-order valence-electron chi connectivity index (χ4n) is 3.23. The fraction of sp³-hybridized carbons (Fsp3) is 0.333. The van der Waals surface area contributed by atoms with Crippen molar-refractivity contribution in [3.05, 3.63) is 65.5 Å². The summed E-state index contributed by atoms with van der Waals surface area (Å²) in [6.07, 6.45) is 4.33. The lowest BCUT2D eigenvalue weighted by Gasteiger charge is -2.26. The largest absolute Gasteiger partial charge is 0.351 e. The average molecular weight is 331 g/mol. The maximum Gasteiger partial charge on any atom is 0.224 e. The molecule has 1 aromatic carbocycles. The van der Waals surface area contributed by atoms with Gasteiger partial charge in [0.1, 0.15) is 0 Å². The average Bonchev–Trinajstić information content (AvgIpc) is 2.91. The SMILES string of the molecule is CN1CCC(NC(=O)Cc2cccnc2)C1c1ccc(F)c(F)c1. The Morgan fingerprint density at radius 2 is 2.17 bits per heavy atom. The molecule has 0 bridgehead atoms. The third-order valence-electron chi connectivity index (χ3n) is 4.37. The molecule has 0 radical (unpaired) electrons. The number of nitrogens with one attached hydrogen (secondary N) is 1. The van der Waals surface area contributed by atoms with E-state index in [1.165, 1.54) is 6.07 Å². The van der Waals surface area contributed by atoms with Gasteiger partial charge in [0.05, 0.1) is 12.5 Å². The molecule has 0 aliphatic carbocycles. The summed E-state index contributed by atoms with van der Waals surface area (Å²) in [5.74, 6) is -1.83.